The van der Waals surface area contributed by atoms with E-state index in [1.54, 1.807) is 30.3 Å². The predicted molar refractivity (Wildman–Crippen MR) is 121 cm³/mol. The van der Waals surface area contributed by atoms with E-state index in [0.29, 0.717) is 18.4 Å². The van der Waals surface area contributed by atoms with Gasteiger partial charge in [-0.3, -0.25) is 0 Å². The number of rotatable bonds is 8. The third kappa shape index (κ3) is 7.73. The van der Waals surface area contributed by atoms with Crippen LogP contribution in [0.2, 0.25) is 19.6 Å². The Morgan fingerprint density at radius 3 is 2.24 bits per heavy atom. The summed E-state index contributed by atoms with van der Waals surface area (Å²) in [5, 5.41) is 10.9. The molecule has 0 bridgehead atoms. The first-order valence-corrected chi connectivity index (χ1v) is 13.4. The van der Waals surface area contributed by atoms with Crippen molar-refractivity contribution in [1.29, 1.82) is 0 Å². The van der Waals surface area contributed by atoms with Crippen molar-refractivity contribution in [2.24, 2.45) is 5.92 Å². The Morgan fingerprint density at radius 2 is 1.69 bits per heavy atom. The monoisotopic (exact) mass is 406 g/mol. The molecule has 2 aromatic carbocycles. The van der Waals surface area contributed by atoms with E-state index in [1.165, 1.54) is 0 Å². The maximum absolute atomic E-state index is 12.6. The fourth-order valence-corrected chi connectivity index (χ4v) is 3.64. The highest BCUT2D eigenvalue weighted by Gasteiger charge is 2.29. The zero-order valence-electron chi connectivity index (χ0n) is 17.5. The predicted octanol–water partition coefficient (Wildman–Crippen LogP) is 4.89. The molecular weight excluding hydrogens is 376 g/mol. The first-order chi connectivity index (χ1) is 13.8. The van der Waals surface area contributed by atoms with E-state index >= 15 is 0 Å². The van der Waals surface area contributed by atoms with E-state index in [1.807, 2.05) is 36.4 Å². The van der Waals surface area contributed by atoms with Gasteiger partial charge in [-0.25, -0.2) is 4.79 Å². The topological polar surface area (TPSA) is 46.5 Å². The lowest BCUT2D eigenvalue weighted by atomic mass is 9.87. The molecule has 0 heterocycles. The summed E-state index contributed by atoms with van der Waals surface area (Å²) in [6.45, 7) is 10.4. The molecule has 1 N–H and O–H groups in total. The number of aliphatic hydroxyl groups excluding tert-OH is 1. The molecule has 152 valence electrons. The number of aliphatic hydroxyl groups is 1. The van der Waals surface area contributed by atoms with Crippen molar-refractivity contribution in [1.82, 2.24) is 0 Å². The van der Waals surface area contributed by atoms with Crippen molar-refractivity contribution >= 4 is 14.0 Å². The lowest BCUT2D eigenvalue weighted by Crippen LogP contribution is -2.35. The molecule has 0 radical (unpaired) electrons. The van der Waals surface area contributed by atoms with Crippen LogP contribution in [-0.2, 0) is 11.2 Å². The van der Waals surface area contributed by atoms with Gasteiger partial charge in [0.25, 0.3) is 0 Å². The van der Waals surface area contributed by atoms with Crippen molar-refractivity contribution < 1.29 is 14.6 Å². The molecule has 2 rings (SSSR count). The quantitative estimate of drug-likeness (QED) is 0.294. The zero-order chi connectivity index (χ0) is 21.3. The second-order valence-electron chi connectivity index (χ2n) is 8.15. The molecule has 29 heavy (non-hydrogen) atoms. The molecule has 0 saturated heterocycles. The van der Waals surface area contributed by atoms with Gasteiger partial charge in [0.1, 0.15) is 14.2 Å². The Bertz CT molecular complexity index is 844. The van der Waals surface area contributed by atoms with Crippen LogP contribution in [0.25, 0.3) is 0 Å². The van der Waals surface area contributed by atoms with E-state index in [-0.39, 0.29) is 5.92 Å². The molecule has 3 nitrogen and oxygen atoms in total. The van der Waals surface area contributed by atoms with Gasteiger partial charge in [0.15, 0.2) is 0 Å². The van der Waals surface area contributed by atoms with Crippen LogP contribution in [0.3, 0.4) is 0 Å². The second kappa shape index (κ2) is 10.8. The van der Waals surface area contributed by atoms with Crippen LogP contribution in [0.5, 0.6) is 0 Å². The van der Waals surface area contributed by atoms with Crippen LogP contribution in [0, 0.1) is 17.4 Å². The summed E-state index contributed by atoms with van der Waals surface area (Å²) >= 11 is 0. The molecule has 3 atom stereocenters. The molecule has 0 saturated carbocycles. The molecule has 0 aliphatic carbocycles. The number of hydrogen-bond acceptors (Lipinski definition) is 3. The Hall–Kier alpha value is -2.61. The van der Waals surface area contributed by atoms with Crippen LogP contribution >= 0.6 is 0 Å². The third-order valence-corrected chi connectivity index (χ3v) is 5.42. The standard InChI is InChI=1S/C25H30O3Si/c1-5-24(28-25(27)21-15-10-7-11-16-21)22(19-20-13-8-6-9-14-20)23(26)17-12-18-29(2,3)4/h5-11,13-16,22-24,26H,1,17,19H2,2-4H3/t22-,23-,24-/m1/s1. The van der Waals surface area contributed by atoms with Gasteiger partial charge >= 0.3 is 5.97 Å². The highest BCUT2D eigenvalue weighted by atomic mass is 28.3. The van der Waals surface area contributed by atoms with Gasteiger partial charge in [0, 0.05) is 12.3 Å². The van der Waals surface area contributed by atoms with Crippen molar-refractivity contribution in [2.75, 3.05) is 0 Å². The number of benzene rings is 2. The van der Waals surface area contributed by atoms with Crippen LogP contribution in [0.15, 0.2) is 73.3 Å². The molecule has 0 amide bonds. The van der Waals surface area contributed by atoms with Crippen LogP contribution < -0.4 is 0 Å². The third-order valence-electron chi connectivity index (χ3n) is 4.49. The van der Waals surface area contributed by atoms with E-state index < -0.39 is 26.3 Å². The van der Waals surface area contributed by atoms with Crippen molar-refractivity contribution in [3.63, 3.8) is 0 Å². The molecule has 0 aromatic heterocycles. The van der Waals surface area contributed by atoms with E-state index in [2.05, 4.69) is 37.7 Å². The first kappa shape index (κ1) is 22.7. The van der Waals surface area contributed by atoms with E-state index in [4.69, 9.17) is 4.74 Å². The van der Waals surface area contributed by atoms with Gasteiger partial charge in [-0.1, -0.05) is 80.8 Å². The maximum Gasteiger partial charge on any atom is 0.338 e. The Kier molecular flexibility index (Phi) is 8.45. The number of ether oxygens (including phenoxy) is 1. The fraction of sp³-hybridized carbons (Fsp3) is 0.320. The van der Waals surface area contributed by atoms with Crippen LogP contribution in [0.4, 0.5) is 0 Å². The first-order valence-electron chi connectivity index (χ1n) is 9.91. The molecule has 0 spiro atoms. The summed E-state index contributed by atoms with van der Waals surface area (Å²) in [7, 11) is -1.52. The Labute approximate surface area is 175 Å². The second-order valence-corrected chi connectivity index (χ2v) is 12.9. The summed E-state index contributed by atoms with van der Waals surface area (Å²) in [5.74, 6) is 2.39. The molecule has 2 aromatic rings. The average Bonchev–Trinajstić information content (AvgIpc) is 2.70. The average molecular weight is 407 g/mol. The molecule has 4 heteroatoms. The van der Waals surface area contributed by atoms with E-state index in [9.17, 15) is 9.90 Å². The SMILES string of the molecule is C=C[C@@H](OC(=O)c1ccccc1)[C@H](Cc1ccccc1)[C@H](O)CC#C[Si](C)(C)C. The molecule has 0 aliphatic heterocycles. The molecule has 0 unspecified atom stereocenters. The van der Waals surface area contributed by atoms with E-state index in [0.717, 1.165) is 5.56 Å². The summed E-state index contributed by atoms with van der Waals surface area (Å²) in [4.78, 5) is 12.6. The Balaban J connectivity index is 2.21. The number of hydrogen-bond donors (Lipinski definition) is 1. The normalized spacial score (nSPS) is 14.1. The minimum atomic E-state index is -1.52. The number of esters is 1. The van der Waals surface area contributed by atoms with Gasteiger partial charge < -0.3 is 9.84 Å². The minimum absolute atomic E-state index is 0.335. The Morgan fingerprint density at radius 1 is 1.10 bits per heavy atom. The van der Waals surface area contributed by atoms with Gasteiger partial charge in [0.05, 0.1) is 11.7 Å². The fourth-order valence-electron chi connectivity index (χ4n) is 3.01. The summed E-state index contributed by atoms with van der Waals surface area (Å²) < 4.78 is 5.73. The van der Waals surface area contributed by atoms with Gasteiger partial charge in [0.2, 0.25) is 0 Å². The summed E-state index contributed by atoms with van der Waals surface area (Å²) in [6, 6.07) is 18.7. The number of carbonyl (C=O) groups excluding carboxylic acids is 1. The van der Waals surface area contributed by atoms with Gasteiger partial charge in [-0.05, 0) is 24.1 Å². The smallest absolute Gasteiger partial charge is 0.338 e. The highest BCUT2D eigenvalue weighted by Crippen LogP contribution is 2.23. The highest BCUT2D eigenvalue weighted by molar-refractivity contribution is 6.83. The molecule has 0 aliphatic rings. The largest absolute Gasteiger partial charge is 0.454 e. The molecule has 0 fully saturated rings. The van der Waals surface area contributed by atoms with Gasteiger partial charge in [-0.2, -0.15) is 0 Å². The maximum atomic E-state index is 12.6. The van der Waals surface area contributed by atoms with Crippen molar-refractivity contribution in [3.8, 4) is 11.5 Å². The summed E-state index contributed by atoms with van der Waals surface area (Å²) in [6.07, 6.45) is 1.16. The van der Waals surface area contributed by atoms with Gasteiger partial charge in [-0.15, -0.1) is 11.5 Å². The zero-order valence-corrected chi connectivity index (χ0v) is 18.5. The lowest BCUT2D eigenvalue weighted by molar-refractivity contribution is -0.000143. The summed E-state index contributed by atoms with van der Waals surface area (Å²) in [5.41, 5.74) is 4.83. The van der Waals surface area contributed by atoms with Crippen molar-refractivity contribution in [3.05, 3.63) is 84.4 Å². The lowest BCUT2D eigenvalue weighted by Gasteiger charge is -2.28. The van der Waals surface area contributed by atoms with Crippen LogP contribution in [-0.4, -0.2) is 31.4 Å². The van der Waals surface area contributed by atoms with Crippen molar-refractivity contribution in [2.45, 2.75) is 44.7 Å². The molecular formula is C25H30O3Si. The van der Waals surface area contributed by atoms with Crippen LogP contribution in [0.1, 0.15) is 22.3 Å². The number of carbonyl (C=O) groups is 1. The minimum Gasteiger partial charge on any atom is -0.454 e.